The number of aryl methyl sites for hydroxylation is 1. The highest BCUT2D eigenvalue weighted by Gasteiger charge is 2.04. The number of ether oxygens (including phenoxy) is 1. The van der Waals surface area contributed by atoms with Crippen molar-refractivity contribution in [3.63, 3.8) is 0 Å². The summed E-state index contributed by atoms with van der Waals surface area (Å²) in [6.45, 7) is 4.60. The average molecular weight is 297 g/mol. The summed E-state index contributed by atoms with van der Waals surface area (Å²) in [7, 11) is 1.90. The fourth-order valence-electron chi connectivity index (χ4n) is 2.19. The molecule has 0 amide bonds. The third-order valence-corrected chi connectivity index (χ3v) is 3.41. The molecule has 1 aromatic rings. The molecule has 0 aliphatic carbocycles. The lowest BCUT2D eigenvalue weighted by Gasteiger charge is -2.11. The number of hydrogen-bond acceptors (Lipinski definition) is 4. The van der Waals surface area contributed by atoms with E-state index in [9.17, 15) is 5.11 Å². The highest BCUT2D eigenvalue weighted by molar-refractivity contribution is 4.97. The van der Waals surface area contributed by atoms with Crippen molar-refractivity contribution in [2.24, 2.45) is 7.05 Å². The molecule has 0 saturated heterocycles. The lowest BCUT2D eigenvalue weighted by Crippen LogP contribution is -2.30. The van der Waals surface area contributed by atoms with Crippen LogP contribution in [0.3, 0.4) is 0 Å². The minimum atomic E-state index is -0.450. The number of nitrogens with one attached hydrogen (secondary N) is 1. The molecule has 1 rings (SSSR count). The third-order valence-electron chi connectivity index (χ3n) is 3.41. The molecule has 0 aromatic carbocycles. The second-order valence-corrected chi connectivity index (χ2v) is 5.61. The predicted molar refractivity (Wildman–Crippen MR) is 85.1 cm³/mol. The first-order chi connectivity index (χ1) is 10.2. The summed E-state index contributed by atoms with van der Waals surface area (Å²) in [6.07, 6.45) is 9.04. The van der Waals surface area contributed by atoms with Crippen molar-refractivity contribution in [2.45, 2.75) is 58.1 Å². The maximum atomic E-state index is 9.79. The van der Waals surface area contributed by atoms with Gasteiger partial charge in [-0.1, -0.05) is 39.0 Å². The van der Waals surface area contributed by atoms with Gasteiger partial charge in [0.15, 0.2) is 0 Å². The van der Waals surface area contributed by atoms with Crippen LogP contribution in [0.2, 0.25) is 0 Å². The van der Waals surface area contributed by atoms with Gasteiger partial charge in [-0.2, -0.15) is 5.10 Å². The van der Waals surface area contributed by atoms with Crippen LogP contribution in [0.15, 0.2) is 12.3 Å². The normalized spacial score (nSPS) is 12.7. The van der Waals surface area contributed by atoms with Gasteiger partial charge in [0, 0.05) is 32.9 Å². The van der Waals surface area contributed by atoms with Crippen molar-refractivity contribution in [3.8, 4) is 0 Å². The number of aromatic nitrogens is 2. The molecule has 5 nitrogen and oxygen atoms in total. The molecule has 2 N–H and O–H groups in total. The Bertz CT molecular complexity index is 355. The lowest BCUT2D eigenvalue weighted by molar-refractivity contribution is 0.0352. The van der Waals surface area contributed by atoms with Gasteiger partial charge >= 0.3 is 0 Å². The highest BCUT2D eigenvalue weighted by Crippen LogP contribution is 2.04. The van der Waals surface area contributed by atoms with Crippen molar-refractivity contribution in [1.29, 1.82) is 0 Å². The van der Waals surface area contributed by atoms with Crippen LogP contribution in [-0.2, 0) is 18.3 Å². The number of rotatable bonds is 13. The molecular weight excluding hydrogens is 266 g/mol. The Hall–Kier alpha value is -0.910. The molecule has 0 fully saturated rings. The zero-order chi connectivity index (χ0) is 15.3. The summed E-state index contributed by atoms with van der Waals surface area (Å²) in [5, 5.41) is 17.2. The van der Waals surface area contributed by atoms with Crippen molar-refractivity contribution in [3.05, 3.63) is 18.0 Å². The molecule has 0 bridgehead atoms. The number of nitrogens with zero attached hydrogens (tertiary/aromatic N) is 2. The standard InChI is InChI=1S/C16H31N3O2/c1-3-4-5-6-7-8-11-21-14-16(20)13-17-12-15-9-10-19(2)18-15/h9-10,16-17,20H,3-8,11-14H2,1-2H3. The monoisotopic (exact) mass is 297 g/mol. The zero-order valence-electron chi connectivity index (χ0n) is 13.6. The molecule has 5 heteroatoms. The summed E-state index contributed by atoms with van der Waals surface area (Å²) in [4.78, 5) is 0. The fourth-order valence-corrected chi connectivity index (χ4v) is 2.19. The SMILES string of the molecule is CCCCCCCCOCC(O)CNCc1ccn(C)n1. The van der Waals surface area contributed by atoms with Crippen LogP contribution in [0.25, 0.3) is 0 Å². The van der Waals surface area contributed by atoms with Gasteiger partial charge in [-0.05, 0) is 12.5 Å². The number of aliphatic hydroxyl groups excluding tert-OH is 1. The zero-order valence-corrected chi connectivity index (χ0v) is 13.6. The molecule has 0 radical (unpaired) electrons. The summed E-state index contributed by atoms with van der Waals surface area (Å²) in [5.41, 5.74) is 0.984. The first-order valence-corrected chi connectivity index (χ1v) is 8.17. The molecule has 1 heterocycles. The maximum absolute atomic E-state index is 9.79. The van der Waals surface area contributed by atoms with Crippen LogP contribution in [0.1, 0.15) is 51.1 Å². The van der Waals surface area contributed by atoms with Crippen LogP contribution in [0.5, 0.6) is 0 Å². The van der Waals surface area contributed by atoms with Crippen molar-refractivity contribution >= 4 is 0 Å². The van der Waals surface area contributed by atoms with Crippen molar-refractivity contribution in [1.82, 2.24) is 15.1 Å². The van der Waals surface area contributed by atoms with E-state index in [1.807, 2.05) is 19.3 Å². The van der Waals surface area contributed by atoms with Gasteiger partial charge in [0.05, 0.1) is 18.4 Å². The van der Waals surface area contributed by atoms with E-state index in [0.717, 1.165) is 18.7 Å². The largest absolute Gasteiger partial charge is 0.389 e. The molecule has 0 spiro atoms. The Balaban J connectivity index is 1.88. The van der Waals surface area contributed by atoms with Crippen molar-refractivity contribution in [2.75, 3.05) is 19.8 Å². The summed E-state index contributed by atoms with van der Waals surface area (Å²) in [5.74, 6) is 0. The maximum Gasteiger partial charge on any atom is 0.0897 e. The van der Waals surface area contributed by atoms with E-state index in [1.165, 1.54) is 32.1 Å². The molecule has 1 atom stereocenters. The summed E-state index contributed by atoms with van der Waals surface area (Å²) in [6, 6.07) is 1.97. The molecule has 122 valence electrons. The first kappa shape index (κ1) is 18.1. The van der Waals surface area contributed by atoms with E-state index < -0.39 is 6.10 Å². The molecule has 0 saturated carbocycles. The van der Waals surface area contributed by atoms with E-state index in [2.05, 4.69) is 17.3 Å². The smallest absolute Gasteiger partial charge is 0.0897 e. The summed E-state index contributed by atoms with van der Waals surface area (Å²) >= 11 is 0. The first-order valence-electron chi connectivity index (χ1n) is 8.17. The van der Waals surface area contributed by atoms with E-state index in [4.69, 9.17) is 4.74 Å². The quantitative estimate of drug-likeness (QED) is 0.548. The van der Waals surface area contributed by atoms with E-state index in [1.54, 1.807) is 4.68 Å². The average Bonchev–Trinajstić information content (AvgIpc) is 2.87. The molecule has 0 aliphatic heterocycles. The summed E-state index contributed by atoms with van der Waals surface area (Å²) < 4.78 is 7.27. The molecule has 21 heavy (non-hydrogen) atoms. The van der Waals surface area contributed by atoms with E-state index >= 15 is 0 Å². The minimum absolute atomic E-state index is 0.407. The second-order valence-electron chi connectivity index (χ2n) is 5.61. The highest BCUT2D eigenvalue weighted by atomic mass is 16.5. The lowest BCUT2D eigenvalue weighted by atomic mass is 10.1. The Kier molecular flexibility index (Phi) is 10.1. The van der Waals surface area contributed by atoms with Gasteiger partial charge < -0.3 is 15.2 Å². The Morgan fingerprint density at radius 2 is 2.05 bits per heavy atom. The molecule has 0 aliphatic rings. The molecule has 1 unspecified atom stereocenters. The third kappa shape index (κ3) is 9.61. The number of hydrogen-bond donors (Lipinski definition) is 2. The number of unbranched alkanes of at least 4 members (excludes halogenated alkanes) is 5. The Morgan fingerprint density at radius 3 is 2.76 bits per heavy atom. The van der Waals surface area contributed by atoms with Gasteiger partial charge in [-0.15, -0.1) is 0 Å². The Morgan fingerprint density at radius 1 is 1.29 bits per heavy atom. The molecule has 1 aromatic heterocycles. The van der Waals surface area contributed by atoms with Crippen LogP contribution < -0.4 is 5.32 Å². The van der Waals surface area contributed by atoms with Crippen molar-refractivity contribution < 1.29 is 9.84 Å². The number of aliphatic hydroxyl groups is 1. The second kappa shape index (κ2) is 11.7. The van der Waals surface area contributed by atoms with Gasteiger partial charge in [0.25, 0.3) is 0 Å². The Labute approximate surface area is 128 Å². The van der Waals surface area contributed by atoms with E-state index in [0.29, 0.717) is 19.7 Å². The van der Waals surface area contributed by atoms with Crippen LogP contribution in [0, 0.1) is 0 Å². The predicted octanol–water partition coefficient (Wildman–Crippen LogP) is 2.25. The van der Waals surface area contributed by atoms with Gasteiger partial charge in [-0.25, -0.2) is 0 Å². The fraction of sp³-hybridized carbons (Fsp3) is 0.812. The van der Waals surface area contributed by atoms with Crippen LogP contribution in [-0.4, -0.2) is 40.7 Å². The van der Waals surface area contributed by atoms with E-state index in [-0.39, 0.29) is 0 Å². The minimum Gasteiger partial charge on any atom is -0.389 e. The topological polar surface area (TPSA) is 59.3 Å². The van der Waals surface area contributed by atoms with Crippen LogP contribution in [0.4, 0.5) is 0 Å². The molecular formula is C16H31N3O2. The van der Waals surface area contributed by atoms with Gasteiger partial charge in [0.1, 0.15) is 0 Å². The van der Waals surface area contributed by atoms with Gasteiger partial charge in [-0.3, -0.25) is 4.68 Å². The van der Waals surface area contributed by atoms with Gasteiger partial charge in [0.2, 0.25) is 0 Å². The van der Waals surface area contributed by atoms with Crippen LogP contribution >= 0.6 is 0 Å².